The summed E-state index contributed by atoms with van der Waals surface area (Å²) in [6, 6.07) is 10.2. The topological polar surface area (TPSA) is 56.2 Å². The molecule has 1 heterocycles. The minimum absolute atomic E-state index is 0.192. The van der Waals surface area contributed by atoms with E-state index in [9.17, 15) is 4.79 Å². The van der Waals surface area contributed by atoms with Gasteiger partial charge in [-0.1, -0.05) is 58.5 Å². The van der Waals surface area contributed by atoms with Gasteiger partial charge in [-0.15, -0.1) is 0 Å². The molecule has 1 N–H and O–H groups in total. The Hall–Kier alpha value is -1.92. The number of carbonyl (C=O) groups is 1. The van der Waals surface area contributed by atoms with E-state index < -0.39 is 0 Å². The maximum absolute atomic E-state index is 12.3. The van der Waals surface area contributed by atoms with Crippen molar-refractivity contribution >= 4 is 52.3 Å². The molecule has 0 unspecified atom stereocenters. The van der Waals surface area contributed by atoms with E-state index in [1.54, 1.807) is 47.4 Å². The first kappa shape index (κ1) is 20.8. The molecular weight excluding hydrogens is 444 g/mol. The van der Waals surface area contributed by atoms with Crippen LogP contribution in [0.2, 0.25) is 20.1 Å². The molecule has 0 bridgehead atoms. The first-order chi connectivity index (χ1) is 13.4. The van der Waals surface area contributed by atoms with Gasteiger partial charge in [0.1, 0.15) is 6.61 Å². The molecular formula is C19H15Cl4N3O2. The van der Waals surface area contributed by atoms with Gasteiger partial charge in [0, 0.05) is 23.3 Å². The zero-order valence-corrected chi connectivity index (χ0v) is 17.5. The van der Waals surface area contributed by atoms with E-state index in [4.69, 9.17) is 51.1 Å². The summed E-state index contributed by atoms with van der Waals surface area (Å²) in [5.41, 5.74) is 1.32. The van der Waals surface area contributed by atoms with Crippen molar-refractivity contribution < 1.29 is 9.53 Å². The van der Waals surface area contributed by atoms with Gasteiger partial charge in [-0.25, -0.2) is 0 Å². The Morgan fingerprint density at radius 2 is 1.82 bits per heavy atom. The van der Waals surface area contributed by atoms with Crippen LogP contribution in [0.3, 0.4) is 0 Å². The highest BCUT2D eigenvalue weighted by atomic mass is 35.5. The molecule has 0 spiro atoms. The van der Waals surface area contributed by atoms with Gasteiger partial charge in [0.05, 0.1) is 27.8 Å². The van der Waals surface area contributed by atoms with Crippen LogP contribution in [-0.2, 0) is 13.2 Å². The largest absolute Gasteiger partial charge is 0.486 e. The smallest absolute Gasteiger partial charge is 0.251 e. The number of hydrogen-bond acceptors (Lipinski definition) is 3. The molecule has 0 radical (unpaired) electrons. The second-order valence-electron chi connectivity index (χ2n) is 5.87. The lowest BCUT2D eigenvalue weighted by molar-refractivity contribution is 0.0951. The summed E-state index contributed by atoms with van der Waals surface area (Å²) in [7, 11) is 0. The van der Waals surface area contributed by atoms with Crippen molar-refractivity contribution in [2.45, 2.75) is 13.2 Å². The van der Waals surface area contributed by atoms with Crippen molar-refractivity contribution in [1.29, 1.82) is 0 Å². The van der Waals surface area contributed by atoms with Gasteiger partial charge in [-0.3, -0.25) is 9.48 Å². The molecule has 0 saturated carbocycles. The van der Waals surface area contributed by atoms with Crippen molar-refractivity contribution in [3.05, 3.63) is 80.0 Å². The highest BCUT2D eigenvalue weighted by Gasteiger charge is 2.11. The number of amides is 1. The number of nitrogens with zero attached hydrogens (tertiary/aromatic N) is 2. The molecule has 146 valence electrons. The van der Waals surface area contributed by atoms with E-state index >= 15 is 0 Å². The summed E-state index contributed by atoms with van der Waals surface area (Å²) in [5, 5.41) is 8.53. The third kappa shape index (κ3) is 5.55. The monoisotopic (exact) mass is 457 g/mol. The minimum atomic E-state index is -0.192. The Morgan fingerprint density at radius 3 is 2.50 bits per heavy atom. The maximum Gasteiger partial charge on any atom is 0.251 e. The summed E-state index contributed by atoms with van der Waals surface area (Å²) < 4.78 is 7.37. The van der Waals surface area contributed by atoms with Crippen LogP contribution in [0.15, 0.2) is 48.8 Å². The van der Waals surface area contributed by atoms with Gasteiger partial charge in [0.2, 0.25) is 0 Å². The molecule has 2 aromatic carbocycles. The van der Waals surface area contributed by atoms with Gasteiger partial charge in [0.25, 0.3) is 5.91 Å². The van der Waals surface area contributed by atoms with Gasteiger partial charge < -0.3 is 10.1 Å². The van der Waals surface area contributed by atoms with Crippen molar-refractivity contribution in [2.75, 3.05) is 6.54 Å². The van der Waals surface area contributed by atoms with Gasteiger partial charge in [-0.05, 0) is 29.8 Å². The standard InChI is InChI=1S/C19H15Cl4N3O2/c20-14-7-16(22)18(17(23)8-14)28-11-12-2-1-3-13(6-12)19(27)24-4-5-26-10-15(21)9-25-26/h1-3,6-10H,4-5,11H2,(H,24,27). The van der Waals surface area contributed by atoms with Crippen LogP contribution < -0.4 is 10.1 Å². The Labute approximate surface area is 182 Å². The number of halogens is 4. The number of nitrogens with one attached hydrogen (secondary N) is 1. The number of benzene rings is 2. The summed E-state index contributed by atoms with van der Waals surface area (Å²) in [6.07, 6.45) is 3.24. The van der Waals surface area contributed by atoms with Crippen LogP contribution in [0.4, 0.5) is 0 Å². The third-order valence-electron chi connectivity index (χ3n) is 3.76. The summed E-state index contributed by atoms with van der Waals surface area (Å²) in [6.45, 7) is 1.15. The first-order valence-corrected chi connectivity index (χ1v) is 9.76. The summed E-state index contributed by atoms with van der Waals surface area (Å²) >= 11 is 23.9. The zero-order chi connectivity index (χ0) is 20.1. The molecule has 28 heavy (non-hydrogen) atoms. The van der Waals surface area contributed by atoms with Crippen LogP contribution in [0.5, 0.6) is 5.75 Å². The lowest BCUT2D eigenvalue weighted by Gasteiger charge is -2.11. The van der Waals surface area contributed by atoms with Crippen molar-refractivity contribution in [1.82, 2.24) is 15.1 Å². The predicted molar refractivity (Wildman–Crippen MR) is 112 cm³/mol. The van der Waals surface area contributed by atoms with E-state index in [0.717, 1.165) is 5.56 Å². The van der Waals surface area contributed by atoms with Gasteiger partial charge in [0.15, 0.2) is 5.75 Å². The summed E-state index contributed by atoms with van der Waals surface area (Å²) in [4.78, 5) is 12.3. The average Bonchev–Trinajstić information content (AvgIpc) is 3.06. The molecule has 0 aliphatic heterocycles. The Kier molecular flexibility index (Phi) is 7.08. The molecule has 1 aromatic heterocycles. The van der Waals surface area contributed by atoms with Crippen LogP contribution in [0.1, 0.15) is 15.9 Å². The number of rotatable bonds is 7. The van der Waals surface area contributed by atoms with E-state index in [1.165, 1.54) is 0 Å². The van der Waals surface area contributed by atoms with Gasteiger partial charge in [-0.2, -0.15) is 5.10 Å². The van der Waals surface area contributed by atoms with E-state index in [-0.39, 0.29) is 12.5 Å². The maximum atomic E-state index is 12.3. The van der Waals surface area contributed by atoms with E-state index in [2.05, 4.69) is 10.4 Å². The number of ether oxygens (including phenoxy) is 1. The lowest BCUT2D eigenvalue weighted by Crippen LogP contribution is -2.27. The lowest BCUT2D eigenvalue weighted by atomic mass is 10.1. The molecule has 0 fully saturated rings. The third-order valence-corrected chi connectivity index (χ3v) is 4.74. The van der Waals surface area contributed by atoms with Crippen molar-refractivity contribution in [2.24, 2.45) is 0 Å². The second kappa shape index (κ2) is 9.52. The molecule has 3 rings (SSSR count). The Balaban J connectivity index is 1.58. The zero-order valence-electron chi connectivity index (χ0n) is 14.5. The summed E-state index contributed by atoms with van der Waals surface area (Å²) in [5.74, 6) is 0.156. The fraction of sp³-hybridized carbons (Fsp3) is 0.158. The minimum Gasteiger partial charge on any atom is -0.486 e. The fourth-order valence-corrected chi connectivity index (χ4v) is 3.55. The van der Waals surface area contributed by atoms with Crippen LogP contribution >= 0.6 is 46.4 Å². The second-order valence-corrected chi connectivity index (χ2v) is 7.55. The molecule has 3 aromatic rings. The number of aromatic nitrogens is 2. The molecule has 5 nitrogen and oxygen atoms in total. The SMILES string of the molecule is O=C(NCCn1cc(Cl)cn1)c1cccc(COc2c(Cl)cc(Cl)cc2Cl)c1. The molecule has 0 aliphatic carbocycles. The van der Waals surface area contributed by atoms with Crippen LogP contribution in [0.25, 0.3) is 0 Å². The van der Waals surface area contributed by atoms with E-state index in [1.807, 2.05) is 6.07 Å². The molecule has 9 heteroatoms. The Bertz CT molecular complexity index is 968. The molecule has 0 atom stereocenters. The highest BCUT2D eigenvalue weighted by Crippen LogP contribution is 2.36. The highest BCUT2D eigenvalue weighted by molar-refractivity contribution is 6.40. The van der Waals surface area contributed by atoms with Crippen molar-refractivity contribution in [3.63, 3.8) is 0 Å². The molecule has 1 amide bonds. The first-order valence-electron chi connectivity index (χ1n) is 8.25. The quantitative estimate of drug-likeness (QED) is 0.508. The van der Waals surface area contributed by atoms with Crippen molar-refractivity contribution in [3.8, 4) is 5.75 Å². The predicted octanol–water partition coefficient (Wildman–Crippen LogP) is 5.51. The molecule has 0 aliphatic rings. The fourth-order valence-electron chi connectivity index (χ4n) is 2.47. The molecule has 0 saturated heterocycles. The number of carbonyl (C=O) groups excluding carboxylic acids is 1. The average molecular weight is 459 g/mol. The van der Waals surface area contributed by atoms with E-state index in [0.29, 0.717) is 44.5 Å². The van der Waals surface area contributed by atoms with Gasteiger partial charge >= 0.3 is 0 Å². The number of hydrogen-bond donors (Lipinski definition) is 1. The van der Waals surface area contributed by atoms with Crippen LogP contribution in [0, 0.1) is 0 Å². The van der Waals surface area contributed by atoms with Crippen LogP contribution in [-0.4, -0.2) is 22.2 Å². The Morgan fingerprint density at radius 1 is 1.07 bits per heavy atom. The normalized spacial score (nSPS) is 10.7.